The molecule has 3 N–H and O–H groups in total. The highest BCUT2D eigenvalue weighted by atomic mass is 16.5. The number of carbonyl (C=O) groups excluding carboxylic acids is 1. The Bertz CT molecular complexity index is 560. The number of hydrogen-bond acceptors (Lipinski definition) is 6. The Kier molecular flexibility index (Phi) is 3.92. The van der Waals surface area contributed by atoms with Crippen LogP contribution >= 0.6 is 0 Å². The average molecular weight is 258 g/mol. The molecule has 0 saturated carbocycles. The van der Waals surface area contributed by atoms with Gasteiger partial charge in [0.15, 0.2) is 11.9 Å². The number of methoxy groups -OCH3 is 1. The lowest BCUT2D eigenvalue weighted by Crippen LogP contribution is -2.23. The second-order valence-corrected chi connectivity index (χ2v) is 3.84. The molecule has 1 unspecified atom stereocenters. The van der Waals surface area contributed by atoms with Crippen LogP contribution in [0.1, 0.15) is 11.6 Å². The minimum Gasteiger partial charge on any atom is -0.467 e. The zero-order chi connectivity index (χ0) is 13.7. The van der Waals surface area contributed by atoms with Crippen molar-refractivity contribution >= 4 is 17.5 Å². The van der Waals surface area contributed by atoms with Crippen LogP contribution in [0, 0.1) is 0 Å². The van der Waals surface area contributed by atoms with Gasteiger partial charge in [0.1, 0.15) is 6.33 Å². The molecule has 0 aliphatic rings. The standard InChI is InChI=1S/C13H14N4O2/c1-19-13(18)11(9-5-3-2-4-6-9)17-12-10(14)7-15-8-16-12/h2-8,11H,14H2,1H3,(H,15,16,17). The molecule has 19 heavy (non-hydrogen) atoms. The Morgan fingerprint density at radius 2 is 2.11 bits per heavy atom. The first-order chi connectivity index (χ1) is 9.22. The lowest BCUT2D eigenvalue weighted by Gasteiger charge is -2.18. The van der Waals surface area contributed by atoms with Crippen molar-refractivity contribution in [3.63, 3.8) is 0 Å². The molecule has 98 valence electrons. The first-order valence-electron chi connectivity index (χ1n) is 5.67. The van der Waals surface area contributed by atoms with Crippen LogP contribution in [-0.2, 0) is 9.53 Å². The average Bonchev–Trinajstić information content (AvgIpc) is 2.46. The van der Waals surface area contributed by atoms with E-state index in [1.807, 2.05) is 30.3 Å². The molecule has 0 aliphatic heterocycles. The summed E-state index contributed by atoms with van der Waals surface area (Å²) >= 11 is 0. The molecule has 0 saturated heterocycles. The van der Waals surface area contributed by atoms with Crippen LogP contribution < -0.4 is 11.1 Å². The van der Waals surface area contributed by atoms with Crippen LogP contribution in [0.3, 0.4) is 0 Å². The van der Waals surface area contributed by atoms with Crippen LogP contribution in [0.15, 0.2) is 42.9 Å². The Hall–Kier alpha value is -2.63. The molecular weight excluding hydrogens is 244 g/mol. The van der Waals surface area contributed by atoms with E-state index >= 15 is 0 Å². The number of benzene rings is 1. The third-order valence-corrected chi connectivity index (χ3v) is 2.59. The third kappa shape index (κ3) is 2.98. The zero-order valence-electron chi connectivity index (χ0n) is 10.4. The number of anilines is 2. The number of nitrogens with two attached hydrogens (primary N) is 1. The smallest absolute Gasteiger partial charge is 0.333 e. The molecule has 0 aliphatic carbocycles. The van der Waals surface area contributed by atoms with Crippen LogP contribution in [0.5, 0.6) is 0 Å². The fraction of sp³-hybridized carbons (Fsp3) is 0.154. The number of nitrogen functional groups attached to an aromatic ring is 1. The van der Waals surface area contributed by atoms with Gasteiger partial charge in [0.25, 0.3) is 0 Å². The molecule has 6 nitrogen and oxygen atoms in total. The van der Waals surface area contributed by atoms with Crippen LogP contribution in [0.4, 0.5) is 11.5 Å². The number of nitrogens with zero attached hydrogens (tertiary/aromatic N) is 2. The number of esters is 1. The summed E-state index contributed by atoms with van der Waals surface area (Å²) in [5, 5.41) is 2.96. The number of rotatable bonds is 4. The van der Waals surface area contributed by atoms with Gasteiger partial charge in [-0.1, -0.05) is 30.3 Å². The molecule has 1 heterocycles. The molecule has 2 aromatic rings. The van der Waals surface area contributed by atoms with E-state index < -0.39 is 12.0 Å². The Morgan fingerprint density at radius 1 is 1.37 bits per heavy atom. The number of carbonyl (C=O) groups is 1. The maximum atomic E-state index is 11.9. The number of aromatic nitrogens is 2. The summed E-state index contributed by atoms with van der Waals surface area (Å²) in [7, 11) is 1.34. The van der Waals surface area contributed by atoms with Gasteiger partial charge in [0.05, 0.1) is 19.0 Å². The molecule has 0 radical (unpaired) electrons. The second-order valence-electron chi connectivity index (χ2n) is 3.84. The van der Waals surface area contributed by atoms with Crippen molar-refractivity contribution in [1.29, 1.82) is 0 Å². The maximum absolute atomic E-state index is 11.9. The van der Waals surface area contributed by atoms with E-state index in [-0.39, 0.29) is 0 Å². The predicted octanol–water partition coefficient (Wildman–Crippen LogP) is 1.38. The highest BCUT2D eigenvalue weighted by Crippen LogP contribution is 2.22. The van der Waals surface area contributed by atoms with E-state index in [1.54, 1.807) is 0 Å². The molecule has 1 aromatic carbocycles. The summed E-state index contributed by atoms with van der Waals surface area (Å²) in [5.41, 5.74) is 6.89. The summed E-state index contributed by atoms with van der Waals surface area (Å²) in [6, 6.07) is 8.55. The van der Waals surface area contributed by atoms with E-state index in [9.17, 15) is 4.79 Å². The van der Waals surface area contributed by atoms with Gasteiger partial charge in [0.2, 0.25) is 0 Å². The van der Waals surface area contributed by atoms with Gasteiger partial charge in [-0.15, -0.1) is 0 Å². The van der Waals surface area contributed by atoms with Crippen molar-refractivity contribution in [2.45, 2.75) is 6.04 Å². The predicted molar refractivity (Wildman–Crippen MR) is 71.3 cm³/mol. The van der Waals surface area contributed by atoms with E-state index in [0.717, 1.165) is 5.56 Å². The van der Waals surface area contributed by atoms with Crippen LogP contribution in [0.25, 0.3) is 0 Å². The van der Waals surface area contributed by atoms with E-state index in [4.69, 9.17) is 10.5 Å². The summed E-state index contributed by atoms with van der Waals surface area (Å²) in [6.45, 7) is 0. The highest BCUT2D eigenvalue weighted by Gasteiger charge is 2.22. The van der Waals surface area contributed by atoms with Gasteiger partial charge in [-0.25, -0.2) is 14.8 Å². The van der Waals surface area contributed by atoms with E-state index in [2.05, 4.69) is 15.3 Å². The summed E-state index contributed by atoms with van der Waals surface area (Å²) in [5.74, 6) is -0.0153. The lowest BCUT2D eigenvalue weighted by molar-refractivity contribution is -0.141. The van der Waals surface area contributed by atoms with Crippen molar-refractivity contribution < 1.29 is 9.53 Å². The molecule has 1 aromatic heterocycles. The summed E-state index contributed by atoms with van der Waals surface area (Å²) in [6.07, 6.45) is 2.83. The fourth-order valence-electron chi connectivity index (χ4n) is 1.64. The monoisotopic (exact) mass is 258 g/mol. The molecule has 0 amide bonds. The second kappa shape index (κ2) is 5.81. The van der Waals surface area contributed by atoms with E-state index in [0.29, 0.717) is 11.5 Å². The quantitative estimate of drug-likeness (QED) is 0.805. The number of hydrogen-bond donors (Lipinski definition) is 2. The summed E-state index contributed by atoms with van der Waals surface area (Å²) < 4.78 is 4.79. The Labute approximate surface area is 110 Å². The summed E-state index contributed by atoms with van der Waals surface area (Å²) in [4.78, 5) is 19.7. The Morgan fingerprint density at radius 3 is 2.74 bits per heavy atom. The van der Waals surface area contributed by atoms with E-state index in [1.165, 1.54) is 19.6 Å². The normalized spacial score (nSPS) is 11.6. The van der Waals surface area contributed by atoms with Crippen molar-refractivity contribution in [3.05, 3.63) is 48.4 Å². The largest absolute Gasteiger partial charge is 0.467 e. The molecule has 1 atom stereocenters. The molecule has 2 rings (SSSR count). The SMILES string of the molecule is COC(=O)C(Nc1ncncc1N)c1ccccc1. The first-order valence-corrected chi connectivity index (χ1v) is 5.67. The van der Waals surface area contributed by atoms with Crippen molar-refractivity contribution in [2.75, 3.05) is 18.2 Å². The van der Waals surface area contributed by atoms with Crippen molar-refractivity contribution in [2.24, 2.45) is 0 Å². The maximum Gasteiger partial charge on any atom is 0.333 e. The molecule has 0 bridgehead atoms. The first kappa shape index (κ1) is 12.8. The minimum atomic E-state index is -0.664. The molecular formula is C13H14N4O2. The van der Waals surface area contributed by atoms with Crippen LogP contribution in [0.2, 0.25) is 0 Å². The lowest BCUT2D eigenvalue weighted by atomic mass is 10.1. The minimum absolute atomic E-state index is 0.368. The van der Waals surface area contributed by atoms with Crippen LogP contribution in [-0.4, -0.2) is 23.0 Å². The number of ether oxygens (including phenoxy) is 1. The number of nitrogens with one attached hydrogen (secondary N) is 1. The Balaban J connectivity index is 2.30. The fourth-order valence-corrected chi connectivity index (χ4v) is 1.64. The van der Waals surface area contributed by atoms with Gasteiger partial charge < -0.3 is 15.8 Å². The zero-order valence-corrected chi connectivity index (χ0v) is 10.4. The topological polar surface area (TPSA) is 90.1 Å². The van der Waals surface area contributed by atoms with Gasteiger partial charge in [-0.2, -0.15) is 0 Å². The van der Waals surface area contributed by atoms with Gasteiger partial charge in [0, 0.05) is 0 Å². The highest BCUT2D eigenvalue weighted by molar-refractivity contribution is 5.81. The van der Waals surface area contributed by atoms with Gasteiger partial charge >= 0.3 is 5.97 Å². The van der Waals surface area contributed by atoms with Gasteiger partial charge in [-0.3, -0.25) is 0 Å². The van der Waals surface area contributed by atoms with Gasteiger partial charge in [-0.05, 0) is 5.56 Å². The molecule has 0 spiro atoms. The third-order valence-electron chi connectivity index (χ3n) is 2.59. The van der Waals surface area contributed by atoms with Crippen molar-refractivity contribution in [3.8, 4) is 0 Å². The van der Waals surface area contributed by atoms with Crippen molar-refractivity contribution in [1.82, 2.24) is 9.97 Å². The molecule has 0 fully saturated rings. The molecule has 6 heteroatoms.